The highest BCUT2D eigenvalue weighted by Gasteiger charge is 2.14. The van der Waals surface area contributed by atoms with Crippen LogP contribution in [0.1, 0.15) is 23.1 Å². The lowest BCUT2D eigenvalue weighted by Crippen LogP contribution is -2.33. The van der Waals surface area contributed by atoms with Gasteiger partial charge in [0.1, 0.15) is 17.5 Å². The smallest absolute Gasteiger partial charge is 0.270 e. The van der Waals surface area contributed by atoms with Crippen LogP contribution in [-0.4, -0.2) is 40.6 Å². The third-order valence-corrected chi connectivity index (χ3v) is 2.08. The van der Waals surface area contributed by atoms with Crippen LogP contribution in [0.15, 0.2) is 12.1 Å². The van der Waals surface area contributed by atoms with Gasteiger partial charge in [0.15, 0.2) is 0 Å². The molecule has 0 bridgehead atoms. The van der Waals surface area contributed by atoms with Gasteiger partial charge < -0.3 is 15.0 Å². The van der Waals surface area contributed by atoms with Crippen molar-refractivity contribution in [3.8, 4) is 6.07 Å². The fourth-order valence-corrected chi connectivity index (χ4v) is 1.28. The van der Waals surface area contributed by atoms with Crippen LogP contribution < -0.4 is 0 Å². The minimum Gasteiger partial charge on any atom is -0.395 e. The molecule has 15 heavy (non-hydrogen) atoms. The van der Waals surface area contributed by atoms with E-state index in [0.29, 0.717) is 24.5 Å². The molecule has 0 radical (unpaired) electrons. The number of aliphatic hydroxyl groups excluding tert-OH is 1. The first-order valence-electron chi connectivity index (χ1n) is 4.72. The van der Waals surface area contributed by atoms with Gasteiger partial charge in [-0.1, -0.05) is 0 Å². The second-order valence-electron chi connectivity index (χ2n) is 3.01. The average molecular weight is 207 g/mol. The van der Waals surface area contributed by atoms with E-state index in [1.807, 2.05) is 13.0 Å². The number of nitrogens with one attached hydrogen (secondary N) is 1. The number of carbonyl (C=O) groups is 1. The highest BCUT2D eigenvalue weighted by Crippen LogP contribution is 2.04. The molecule has 1 aromatic rings. The van der Waals surface area contributed by atoms with Crippen LogP contribution in [0.3, 0.4) is 0 Å². The van der Waals surface area contributed by atoms with Crippen molar-refractivity contribution in [3.05, 3.63) is 23.5 Å². The van der Waals surface area contributed by atoms with Gasteiger partial charge in [-0.3, -0.25) is 4.79 Å². The summed E-state index contributed by atoms with van der Waals surface area (Å²) in [4.78, 5) is 16.0. The Hall–Kier alpha value is -1.80. The molecule has 5 nitrogen and oxygen atoms in total. The van der Waals surface area contributed by atoms with Crippen molar-refractivity contribution in [1.82, 2.24) is 9.88 Å². The van der Waals surface area contributed by atoms with Crippen LogP contribution in [0.25, 0.3) is 0 Å². The molecule has 0 saturated heterocycles. The molecule has 0 saturated carbocycles. The molecule has 0 aliphatic rings. The summed E-state index contributed by atoms with van der Waals surface area (Å²) in [6.45, 7) is 2.60. The number of hydrogen-bond donors (Lipinski definition) is 2. The quantitative estimate of drug-likeness (QED) is 0.747. The molecule has 0 aliphatic heterocycles. The highest BCUT2D eigenvalue weighted by molar-refractivity contribution is 5.92. The number of aromatic nitrogens is 1. The predicted molar refractivity (Wildman–Crippen MR) is 54.2 cm³/mol. The normalized spacial score (nSPS) is 9.67. The van der Waals surface area contributed by atoms with Gasteiger partial charge in [-0.15, -0.1) is 0 Å². The summed E-state index contributed by atoms with van der Waals surface area (Å²) in [7, 11) is 0. The monoisotopic (exact) mass is 207 g/mol. The van der Waals surface area contributed by atoms with Crippen molar-refractivity contribution in [2.75, 3.05) is 19.7 Å². The van der Waals surface area contributed by atoms with Crippen molar-refractivity contribution < 1.29 is 9.90 Å². The Morgan fingerprint density at radius 1 is 1.67 bits per heavy atom. The van der Waals surface area contributed by atoms with E-state index in [1.54, 1.807) is 12.1 Å². The van der Waals surface area contributed by atoms with E-state index in [9.17, 15) is 4.79 Å². The number of rotatable bonds is 4. The summed E-state index contributed by atoms with van der Waals surface area (Å²) in [6, 6.07) is 5.04. The highest BCUT2D eigenvalue weighted by atomic mass is 16.3. The molecule has 0 unspecified atom stereocenters. The molecule has 0 fully saturated rings. The third-order valence-electron chi connectivity index (χ3n) is 2.08. The summed E-state index contributed by atoms with van der Waals surface area (Å²) in [5, 5.41) is 17.3. The minimum absolute atomic E-state index is 0.0641. The Balaban J connectivity index is 2.79. The number of nitriles is 1. The Morgan fingerprint density at radius 3 is 2.87 bits per heavy atom. The van der Waals surface area contributed by atoms with E-state index >= 15 is 0 Å². The molecular weight excluding hydrogens is 194 g/mol. The van der Waals surface area contributed by atoms with Crippen molar-refractivity contribution in [2.45, 2.75) is 6.92 Å². The molecule has 0 spiro atoms. The van der Waals surface area contributed by atoms with Gasteiger partial charge in [-0.25, -0.2) is 0 Å². The van der Waals surface area contributed by atoms with Crippen LogP contribution >= 0.6 is 0 Å². The maximum absolute atomic E-state index is 11.8. The third kappa shape index (κ3) is 2.58. The molecule has 1 amide bonds. The summed E-state index contributed by atoms with van der Waals surface area (Å²) in [5.41, 5.74) is 0.736. The lowest BCUT2D eigenvalue weighted by Gasteiger charge is -2.18. The molecule has 80 valence electrons. The van der Waals surface area contributed by atoms with Crippen LogP contribution in [0.2, 0.25) is 0 Å². The van der Waals surface area contributed by atoms with Crippen molar-refractivity contribution in [1.29, 1.82) is 5.26 Å². The van der Waals surface area contributed by atoms with E-state index < -0.39 is 0 Å². The predicted octanol–water partition coefficient (Wildman–Crippen LogP) is 0.341. The average Bonchev–Trinajstić information content (AvgIpc) is 2.73. The number of aromatic amines is 1. The fraction of sp³-hybridized carbons (Fsp3) is 0.400. The second-order valence-corrected chi connectivity index (χ2v) is 3.01. The zero-order valence-corrected chi connectivity index (χ0v) is 8.53. The van der Waals surface area contributed by atoms with E-state index in [-0.39, 0.29) is 12.5 Å². The van der Waals surface area contributed by atoms with Crippen molar-refractivity contribution in [2.24, 2.45) is 0 Å². The van der Waals surface area contributed by atoms with Gasteiger partial charge in [0.05, 0.1) is 6.61 Å². The molecule has 2 N–H and O–H groups in total. The summed E-state index contributed by atoms with van der Waals surface area (Å²) in [6.07, 6.45) is 0. The number of H-pyrrole nitrogens is 1. The van der Waals surface area contributed by atoms with Gasteiger partial charge in [0, 0.05) is 13.1 Å². The molecule has 1 heterocycles. The van der Waals surface area contributed by atoms with Gasteiger partial charge in [0.25, 0.3) is 5.91 Å². The van der Waals surface area contributed by atoms with Gasteiger partial charge in [0.2, 0.25) is 0 Å². The Bertz CT molecular complexity index is 378. The molecule has 0 atom stereocenters. The standard InChI is InChI=1S/C10H13N3O2/c1-2-13(5-6-14)10(15)9-4-3-8(7-11)12-9/h3-4,12,14H,2,5-6H2,1H3. The SMILES string of the molecule is CCN(CCO)C(=O)c1ccc(C#N)[nH]1. The van der Waals surface area contributed by atoms with Gasteiger partial charge >= 0.3 is 0 Å². The zero-order chi connectivity index (χ0) is 11.3. The number of likely N-dealkylation sites (N-methyl/N-ethyl adjacent to an activating group) is 1. The lowest BCUT2D eigenvalue weighted by atomic mass is 10.3. The summed E-state index contributed by atoms with van der Waals surface area (Å²) >= 11 is 0. The first-order chi connectivity index (χ1) is 7.22. The Kier molecular flexibility index (Phi) is 3.89. The van der Waals surface area contributed by atoms with E-state index in [0.717, 1.165) is 0 Å². The van der Waals surface area contributed by atoms with Crippen LogP contribution in [0, 0.1) is 11.3 Å². The molecule has 1 rings (SSSR count). The first kappa shape index (κ1) is 11.3. The molecule has 1 aromatic heterocycles. The van der Waals surface area contributed by atoms with E-state index in [4.69, 9.17) is 10.4 Å². The number of nitrogens with zero attached hydrogens (tertiary/aromatic N) is 2. The topological polar surface area (TPSA) is 80.1 Å². The number of carbonyl (C=O) groups excluding carboxylic acids is 1. The largest absolute Gasteiger partial charge is 0.395 e. The second kappa shape index (κ2) is 5.17. The molecule has 0 aromatic carbocycles. The van der Waals surface area contributed by atoms with E-state index in [1.165, 1.54) is 4.90 Å². The Labute approximate surface area is 87.9 Å². The number of aliphatic hydroxyl groups is 1. The maximum Gasteiger partial charge on any atom is 0.270 e. The number of amides is 1. The van der Waals surface area contributed by atoms with Gasteiger partial charge in [-0.2, -0.15) is 5.26 Å². The maximum atomic E-state index is 11.8. The molecule has 5 heteroatoms. The van der Waals surface area contributed by atoms with Gasteiger partial charge in [-0.05, 0) is 19.1 Å². The van der Waals surface area contributed by atoms with Crippen LogP contribution in [0.5, 0.6) is 0 Å². The van der Waals surface area contributed by atoms with Crippen LogP contribution in [-0.2, 0) is 0 Å². The van der Waals surface area contributed by atoms with Crippen LogP contribution in [0.4, 0.5) is 0 Å². The van der Waals surface area contributed by atoms with Crippen molar-refractivity contribution in [3.63, 3.8) is 0 Å². The summed E-state index contributed by atoms with van der Waals surface area (Å²) < 4.78 is 0. The minimum atomic E-state index is -0.201. The summed E-state index contributed by atoms with van der Waals surface area (Å²) in [5.74, 6) is -0.201. The molecule has 0 aliphatic carbocycles. The fourth-order valence-electron chi connectivity index (χ4n) is 1.28. The lowest BCUT2D eigenvalue weighted by molar-refractivity contribution is 0.0727. The zero-order valence-electron chi connectivity index (χ0n) is 8.53. The number of hydrogen-bond acceptors (Lipinski definition) is 3. The van der Waals surface area contributed by atoms with E-state index in [2.05, 4.69) is 4.98 Å². The first-order valence-corrected chi connectivity index (χ1v) is 4.72. The van der Waals surface area contributed by atoms with Crippen molar-refractivity contribution >= 4 is 5.91 Å². The Morgan fingerprint density at radius 2 is 2.40 bits per heavy atom. The molecular formula is C10H13N3O2.